The minimum absolute atomic E-state index is 1.32. The van der Waals surface area contributed by atoms with Crippen molar-refractivity contribution in [3.8, 4) is 0 Å². The third kappa shape index (κ3) is 16.3. The molecule has 8 heteroatoms. The number of nitrogens with zero attached hydrogens (tertiary/aromatic N) is 1. The largest absolute Gasteiger partial charge is 0.519 e. The first-order valence-corrected chi connectivity index (χ1v) is 8.93. The summed E-state index contributed by atoms with van der Waals surface area (Å²) >= 11 is 4.22. The zero-order valence-corrected chi connectivity index (χ0v) is 14.3. The Bertz CT molecular complexity index is 222. The van der Waals surface area contributed by atoms with Crippen LogP contribution in [0.25, 0.3) is 0 Å². The van der Waals surface area contributed by atoms with E-state index in [4.69, 9.17) is 4.89 Å². The van der Waals surface area contributed by atoms with Crippen LogP contribution in [0.3, 0.4) is 0 Å². The Morgan fingerprint density at radius 2 is 1.40 bits per heavy atom. The number of rotatable bonds is 11. The van der Waals surface area contributed by atoms with Crippen LogP contribution in [0.4, 0.5) is 4.53 Å². The summed E-state index contributed by atoms with van der Waals surface area (Å²) in [4.78, 5) is 10.4. The first-order chi connectivity index (χ1) is 9.47. The highest BCUT2D eigenvalue weighted by molar-refractivity contribution is 7.48. The summed E-state index contributed by atoms with van der Waals surface area (Å²) in [5.41, 5.74) is 0. The molecular weight excluding hydrogens is 308 g/mol. The lowest BCUT2D eigenvalue weighted by atomic mass is 10.2. The maximum atomic E-state index is 10.5. The first kappa shape index (κ1) is 22.6. The summed E-state index contributed by atoms with van der Waals surface area (Å²) in [5.74, 6) is 0. The van der Waals surface area contributed by atoms with Gasteiger partial charge in [-0.2, -0.15) is 4.08 Å². The predicted molar refractivity (Wildman–Crippen MR) is 80.1 cm³/mol. The van der Waals surface area contributed by atoms with Gasteiger partial charge in [0.2, 0.25) is 0 Å². The topological polar surface area (TPSA) is 59.0 Å². The van der Waals surface area contributed by atoms with E-state index < -0.39 is 7.82 Å². The highest BCUT2D eigenvalue weighted by atomic mass is 35.5. The molecule has 0 saturated heterocycles. The maximum absolute atomic E-state index is 10.5. The third-order valence-corrected chi connectivity index (χ3v) is 3.53. The Kier molecular flexibility index (Phi) is 17.7. The number of phosphoric acid groups is 1. The van der Waals surface area contributed by atoms with Crippen LogP contribution in [0.1, 0.15) is 59.3 Å². The van der Waals surface area contributed by atoms with Crippen molar-refractivity contribution in [3.05, 3.63) is 0 Å². The molecule has 0 aromatic carbocycles. The fourth-order valence-electron chi connectivity index (χ4n) is 1.49. The molecule has 0 aliphatic rings. The fourth-order valence-corrected chi connectivity index (χ4v) is 1.58. The van der Waals surface area contributed by atoms with Crippen LogP contribution in [-0.2, 0) is 13.4 Å². The highest BCUT2D eigenvalue weighted by Gasteiger charge is 2.20. The van der Waals surface area contributed by atoms with Crippen LogP contribution in [-0.4, -0.2) is 29.4 Å². The van der Waals surface area contributed by atoms with Gasteiger partial charge >= 0.3 is 7.82 Å². The van der Waals surface area contributed by atoms with Gasteiger partial charge in [-0.15, -0.1) is 0 Å². The van der Waals surface area contributed by atoms with Crippen molar-refractivity contribution in [2.24, 2.45) is 0 Å². The van der Waals surface area contributed by atoms with Crippen LogP contribution in [0.5, 0.6) is 0 Å². The quantitative estimate of drug-likeness (QED) is 0.547. The van der Waals surface area contributed by atoms with Gasteiger partial charge in [-0.25, -0.2) is 4.57 Å². The summed E-state index contributed by atoms with van der Waals surface area (Å²) in [6.45, 7) is 10.8. The summed E-state index contributed by atoms with van der Waals surface area (Å²) in [5, 5.41) is 0. The van der Waals surface area contributed by atoms with Gasteiger partial charge in [0.15, 0.2) is 0 Å². The molecule has 124 valence electrons. The monoisotopic (exact) mass is 335 g/mol. The molecule has 0 radical (unpaired) electrons. The highest BCUT2D eigenvalue weighted by Crippen LogP contribution is 2.44. The molecule has 5 nitrogen and oxygen atoms in total. The normalized spacial score (nSPS) is 13.8. The van der Waals surface area contributed by atoms with E-state index >= 15 is 0 Å². The number of hydrogen-bond donors (Lipinski definition) is 1. The maximum Gasteiger partial charge on any atom is 0.519 e. The Hall–Kier alpha value is 0.290. The van der Waals surface area contributed by atoms with Crippen molar-refractivity contribution in [1.82, 2.24) is 4.90 Å². The Balaban J connectivity index is 0. The molecule has 0 aromatic rings. The molecule has 0 aliphatic heterocycles. The van der Waals surface area contributed by atoms with Gasteiger partial charge in [0.1, 0.15) is 0 Å². The fraction of sp³-hybridized carbons (Fsp3) is 1.00. The molecular formula is C12H28ClFNO4P. The molecule has 1 N–H and O–H groups in total. The van der Waals surface area contributed by atoms with Crippen LogP contribution in [0.15, 0.2) is 0 Å². The lowest BCUT2D eigenvalue weighted by Gasteiger charge is -2.21. The molecule has 20 heavy (non-hydrogen) atoms. The van der Waals surface area contributed by atoms with Gasteiger partial charge < -0.3 is 4.90 Å². The smallest absolute Gasteiger partial charge is 0.303 e. The van der Waals surface area contributed by atoms with Crippen molar-refractivity contribution < 1.29 is 22.8 Å². The zero-order valence-electron chi connectivity index (χ0n) is 12.7. The molecule has 0 saturated carbocycles. The lowest BCUT2D eigenvalue weighted by Crippen LogP contribution is -2.27. The van der Waals surface area contributed by atoms with Crippen molar-refractivity contribution >= 4 is 19.7 Å². The molecule has 0 fully saturated rings. The lowest BCUT2D eigenvalue weighted by molar-refractivity contribution is -0.0355. The summed E-state index contributed by atoms with van der Waals surface area (Å²) in [6.07, 6.45) is 8.09. The van der Waals surface area contributed by atoms with E-state index in [0.29, 0.717) is 0 Å². The SMILES string of the molecule is CCCCN(CCCC)CCCC.O=P(O)(OF)OCl. The van der Waals surface area contributed by atoms with Crippen LogP contribution >= 0.6 is 19.7 Å². The summed E-state index contributed by atoms with van der Waals surface area (Å²) in [7, 11) is -4.56. The molecule has 0 aliphatic carbocycles. The van der Waals surface area contributed by atoms with E-state index in [9.17, 15) is 9.09 Å². The van der Waals surface area contributed by atoms with Gasteiger partial charge in [0, 0.05) is 0 Å². The molecule has 1 atom stereocenters. The van der Waals surface area contributed by atoms with Crippen molar-refractivity contribution in [1.29, 1.82) is 0 Å². The van der Waals surface area contributed by atoms with E-state index in [1.165, 1.54) is 58.2 Å². The second kappa shape index (κ2) is 15.7. The zero-order chi connectivity index (χ0) is 15.9. The molecule has 0 rings (SSSR count). The van der Waals surface area contributed by atoms with Gasteiger partial charge in [-0.05, 0) is 43.4 Å². The Morgan fingerprint density at radius 3 is 1.55 bits per heavy atom. The minimum Gasteiger partial charge on any atom is -0.303 e. The van der Waals surface area contributed by atoms with Crippen molar-refractivity contribution in [2.75, 3.05) is 19.6 Å². The second-order valence-corrected chi connectivity index (χ2v) is 6.14. The molecule has 1 unspecified atom stereocenters. The molecule has 0 heterocycles. The van der Waals surface area contributed by atoms with E-state index in [1.54, 1.807) is 0 Å². The van der Waals surface area contributed by atoms with Crippen LogP contribution in [0.2, 0.25) is 0 Å². The number of hydrogen-bond acceptors (Lipinski definition) is 4. The average molecular weight is 336 g/mol. The minimum atomic E-state index is -4.56. The Morgan fingerprint density at radius 1 is 1.05 bits per heavy atom. The predicted octanol–water partition coefficient (Wildman–Crippen LogP) is 4.85. The number of halogens is 2. The Labute approximate surface area is 127 Å². The number of unbranched alkanes of at least 4 members (excludes halogenated alkanes) is 3. The molecule has 0 bridgehead atoms. The summed E-state index contributed by atoms with van der Waals surface area (Å²) in [6, 6.07) is 0. The molecule has 0 amide bonds. The molecule has 0 aromatic heterocycles. The van der Waals surface area contributed by atoms with E-state index in [-0.39, 0.29) is 0 Å². The van der Waals surface area contributed by atoms with Crippen molar-refractivity contribution in [3.63, 3.8) is 0 Å². The van der Waals surface area contributed by atoms with Gasteiger partial charge in [0.05, 0.1) is 11.9 Å². The van der Waals surface area contributed by atoms with Crippen molar-refractivity contribution in [2.45, 2.75) is 59.3 Å². The third-order valence-electron chi connectivity index (χ3n) is 2.66. The van der Waals surface area contributed by atoms with Crippen LogP contribution < -0.4 is 0 Å². The first-order valence-electron chi connectivity index (χ1n) is 7.13. The van der Waals surface area contributed by atoms with Gasteiger partial charge in [-0.3, -0.25) is 4.89 Å². The van der Waals surface area contributed by atoms with E-state index in [2.05, 4.69) is 46.3 Å². The van der Waals surface area contributed by atoms with Gasteiger partial charge in [-0.1, -0.05) is 44.8 Å². The van der Waals surface area contributed by atoms with E-state index in [1.807, 2.05) is 0 Å². The van der Waals surface area contributed by atoms with Crippen LogP contribution in [0, 0.1) is 0 Å². The standard InChI is InChI=1S/C12H27N.ClFHO4P/c1-4-7-10-13(11-8-5-2)12-9-6-3;1-5-7(3,4)6-2/h4-12H2,1-3H3;(H,3,4). The average Bonchev–Trinajstić information content (AvgIpc) is 2.47. The second-order valence-electron chi connectivity index (χ2n) is 4.51. The molecule has 0 spiro atoms. The summed E-state index contributed by atoms with van der Waals surface area (Å²) < 4.78 is 25.5. The van der Waals surface area contributed by atoms with Gasteiger partial charge in [0.25, 0.3) is 0 Å². The van der Waals surface area contributed by atoms with E-state index in [0.717, 1.165) is 0 Å².